The molecule has 0 unspecified atom stereocenters. The molecule has 4 atom stereocenters. The molecule has 2 aliphatic rings. The van der Waals surface area contributed by atoms with Crippen molar-refractivity contribution in [1.82, 2.24) is 20.6 Å². The normalized spacial score (nSPS) is 19.6. The van der Waals surface area contributed by atoms with Crippen LogP contribution in [0.15, 0.2) is 48.1 Å². The molecule has 3 N–H and O–H groups in total. The minimum atomic E-state index is -0.832. The van der Waals surface area contributed by atoms with Crippen molar-refractivity contribution in [2.75, 3.05) is 13.7 Å². The number of carbonyl (C=O) groups is 1. The first kappa shape index (κ1) is 29.6. The molecule has 0 bridgehead atoms. The molecule has 1 aliphatic carbocycles. The van der Waals surface area contributed by atoms with Gasteiger partial charge in [0.05, 0.1) is 12.1 Å². The molecule has 1 spiro atoms. The number of methoxy groups -OCH3 is 1. The maximum atomic E-state index is 12.9. The summed E-state index contributed by atoms with van der Waals surface area (Å²) in [6, 6.07) is 9.83. The fourth-order valence-electron chi connectivity index (χ4n) is 5.77. The van der Waals surface area contributed by atoms with E-state index in [1.165, 1.54) is 12.7 Å². The molecular formula is C32H42N4O4S. The molecule has 3 heterocycles. The molecule has 1 aliphatic heterocycles. The van der Waals surface area contributed by atoms with Gasteiger partial charge in [-0.25, -0.2) is 9.97 Å². The minimum absolute atomic E-state index is 0.00999. The standard InChI is InChI=1S/C32H42N4O4S/c1-20(2)13-23-15-25-27(17-32(9-6-10-32)40-30(25)35-18-23)34-19-28(37)26(36-29(38)21(3)39-4)16-22-7-5-8-24(14-22)31-33-11-12-41-31/h5,7-8,11-12,14-15,18,20-21,26-28,34,37H,6,9-10,13,16-17,19H2,1-4H3,(H,36,38)/t21-,26+,27+,28-/m1/s1. The van der Waals surface area contributed by atoms with Crippen LogP contribution in [0.25, 0.3) is 10.6 Å². The maximum Gasteiger partial charge on any atom is 0.249 e. The number of pyridine rings is 1. The Morgan fingerprint density at radius 2 is 2.02 bits per heavy atom. The van der Waals surface area contributed by atoms with Crippen molar-refractivity contribution < 1.29 is 19.4 Å². The number of aromatic nitrogens is 2. The summed E-state index contributed by atoms with van der Waals surface area (Å²) in [5, 5.41) is 21.1. The van der Waals surface area contributed by atoms with Gasteiger partial charge in [0.2, 0.25) is 11.8 Å². The van der Waals surface area contributed by atoms with Gasteiger partial charge in [-0.05, 0) is 68.2 Å². The molecule has 1 amide bonds. The molecule has 2 aromatic heterocycles. The van der Waals surface area contributed by atoms with Gasteiger partial charge in [0.15, 0.2) is 0 Å². The van der Waals surface area contributed by atoms with E-state index in [0.29, 0.717) is 24.8 Å². The summed E-state index contributed by atoms with van der Waals surface area (Å²) in [6.45, 7) is 6.43. The molecule has 0 radical (unpaired) electrons. The van der Waals surface area contributed by atoms with Crippen molar-refractivity contribution in [3.8, 4) is 16.5 Å². The first-order chi connectivity index (χ1) is 19.7. The number of nitrogens with one attached hydrogen (secondary N) is 2. The van der Waals surface area contributed by atoms with E-state index in [9.17, 15) is 9.90 Å². The van der Waals surface area contributed by atoms with Crippen molar-refractivity contribution >= 4 is 17.2 Å². The molecule has 8 nitrogen and oxygen atoms in total. The molecule has 5 rings (SSSR count). The van der Waals surface area contributed by atoms with E-state index in [1.807, 2.05) is 29.8 Å². The average molecular weight is 579 g/mol. The predicted molar refractivity (Wildman–Crippen MR) is 161 cm³/mol. The minimum Gasteiger partial charge on any atom is -0.471 e. The highest BCUT2D eigenvalue weighted by atomic mass is 32.1. The van der Waals surface area contributed by atoms with Crippen molar-refractivity contribution in [3.05, 3.63) is 64.8 Å². The molecule has 3 aromatic rings. The van der Waals surface area contributed by atoms with Crippen molar-refractivity contribution in [2.24, 2.45) is 5.92 Å². The van der Waals surface area contributed by atoms with Gasteiger partial charge in [0.1, 0.15) is 16.7 Å². The summed E-state index contributed by atoms with van der Waals surface area (Å²) >= 11 is 1.58. The Morgan fingerprint density at radius 1 is 1.20 bits per heavy atom. The molecule has 9 heteroatoms. The van der Waals surface area contributed by atoms with Crippen molar-refractivity contribution in [2.45, 2.75) is 89.2 Å². The highest BCUT2D eigenvalue weighted by Crippen LogP contribution is 2.48. The third-order valence-electron chi connectivity index (χ3n) is 8.26. The SMILES string of the molecule is CO[C@H](C)C(=O)N[C@@H](Cc1cccc(-c2nccs2)c1)[C@H](O)CN[C@H]1CC2(CCC2)Oc2ncc(CC(C)C)cc21. The van der Waals surface area contributed by atoms with Crippen LogP contribution in [0.5, 0.6) is 5.88 Å². The number of carbonyl (C=O) groups excluding carboxylic acids is 1. The molecule has 41 heavy (non-hydrogen) atoms. The lowest BCUT2D eigenvalue weighted by molar-refractivity contribution is -0.131. The van der Waals surface area contributed by atoms with Crippen LogP contribution >= 0.6 is 11.3 Å². The summed E-state index contributed by atoms with van der Waals surface area (Å²) < 4.78 is 11.7. The van der Waals surface area contributed by atoms with Crippen LogP contribution in [0.1, 0.15) is 69.2 Å². The first-order valence-electron chi connectivity index (χ1n) is 14.7. The second-order valence-electron chi connectivity index (χ2n) is 11.9. The van der Waals surface area contributed by atoms with Crippen molar-refractivity contribution in [1.29, 1.82) is 0 Å². The molecule has 1 aromatic carbocycles. The smallest absolute Gasteiger partial charge is 0.249 e. The maximum absolute atomic E-state index is 12.9. The number of fused-ring (bicyclic) bond motifs is 1. The zero-order chi connectivity index (χ0) is 29.0. The summed E-state index contributed by atoms with van der Waals surface area (Å²) in [5.74, 6) is 0.978. The molecule has 1 fully saturated rings. The van der Waals surface area contributed by atoms with Gasteiger partial charge in [0.25, 0.3) is 0 Å². The lowest BCUT2D eigenvalue weighted by Gasteiger charge is -2.47. The highest BCUT2D eigenvalue weighted by molar-refractivity contribution is 7.13. The van der Waals surface area contributed by atoms with E-state index in [1.54, 1.807) is 24.5 Å². The van der Waals surface area contributed by atoms with E-state index in [0.717, 1.165) is 53.8 Å². The Kier molecular flexibility index (Phi) is 9.38. The fourth-order valence-corrected chi connectivity index (χ4v) is 6.40. The third-order valence-corrected chi connectivity index (χ3v) is 9.08. The van der Waals surface area contributed by atoms with Crippen LogP contribution in [0.4, 0.5) is 0 Å². The number of hydrogen-bond acceptors (Lipinski definition) is 8. The molecule has 1 saturated carbocycles. The van der Waals surface area contributed by atoms with Crippen LogP contribution in [0, 0.1) is 5.92 Å². The van der Waals surface area contributed by atoms with E-state index < -0.39 is 18.2 Å². The van der Waals surface area contributed by atoms with Gasteiger partial charge in [-0.2, -0.15) is 0 Å². The van der Waals surface area contributed by atoms with Crippen LogP contribution in [-0.2, 0) is 22.4 Å². The van der Waals surface area contributed by atoms with Gasteiger partial charge in [-0.1, -0.05) is 32.0 Å². The van der Waals surface area contributed by atoms with Gasteiger partial charge in [0, 0.05) is 55.0 Å². The topological polar surface area (TPSA) is 106 Å². The summed E-state index contributed by atoms with van der Waals surface area (Å²) in [7, 11) is 1.51. The quantitative estimate of drug-likeness (QED) is 0.282. The Bertz CT molecular complexity index is 1310. The lowest BCUT2D eigenvalue weighted by Crippen LogP contribution is -2.53. The molecule has 220 valence electrons. The average Bonchev–Trinajstić information content (AvgIpc) is 3.49. The number of hydrogen-bond donors (Lipinski definition) is 3. The number of nitrogens with zero attached hydrogens (tertiary/aromatic N) is 2. The molecule has 0 saturated heterocycles. The van der Waals surface area contributed by atoms with E-state index in [-0.39, 0.29) is 17.6 Å². The third kappa shape index (κ3) is 7.15. The number of thiazole rings is 1. The van der Waals surface area contributed by atoms with Crippen LogP contribution in [-0.4, -0.2) is 58.5 Å². The second kappa shape index (κ2) is 13.0. The number of rotatable bonds is 12. The lowest BCUT2D eigenvalue weighted by atomic mass is 9.73. The number of ether oxygens (including phenoxy) is 2. The number of aliphatic hydroxyl groups excluding tert-OH is 1. The zero-order valence-electron chi connectivity index (χ0n) is 24.4. The van der Waals surface area contributed by atoms with Crippen LogP contribution in [0.2, 0.25) is 0 Å². The van der Waals surface area contributed by atoms with Crippen LogP contribution in [0.3, 0.4) is 0 Å². The van der Waals surface area contributed by atoms with E-state index in [2.05, 4.69) is 41.6 Å². The monoisotopic (exact) mass is 578 g/mol. The highest BCUT2D eigenvalue weighted by Gasteiger charge is 2.46. The zero-order valence-corrected chi connectivity index (χ0v) is 25.2. The Labute approximate surface area is 246 Å². The van der Waals surface area contributed by atoms with Crippen LogP contribution < -0.4 is 15.4 Å². The van der Waals surface area contributed by atoms with Gasteiger partial charge in [-0.3, -0.25) is 4.79 Å². The summed E-state index contributed by atoms with van der Waals surface area (Å²) in [4.78, 5) is 22.0. The fraction of sp³-hybridized carbons (Fsp3) is 0.531. The molecular weight excluding hydrogens is 536 g/mol. The largest absolute Gasteiger partial charge is 0.471 e. The van der Waals surface area contributed by atoms with E-state index >= 15 is 0 Å². The first-order valence-corrected chi connectivity index (χ1v) is 15.5. The summed E-state index contributed by atoms with van der Waals surface area (Å²) in [5.41, 5.74) is 4.10. The Hall–Kier alpha value is -2.85. The summed E-state index contributed by atoms with van der Waals surface area (Å²) in [6.07, 6.45) is 7.73. The second-order valence-corrected chi connectivity index (χ2v) is 12.8. The van der Waals surface area contributed by atoms with Gasteiger partial charge >= 0.3 is 0 Å². The Morgan fingerprint density at radius 3 is 2.71 bits per heavy atom. The number of amides is 1. The predicted octanol–water partition coefficient (Wildman–Crippen LogP) is 4.86. The Balaban J connectivity index is 1.34. The van der Waals surface area contributed by atoms with Gasteiger partial charge < -0.3 is 25.2 Å². The van der Waals surface area contributed by atoms with Gasteiger partial charge in [-0.15, -0.1) is 11.3 Å². The number of aliphatic hydroxyl groups is 1. The number of benzene rings is 1. The van der Waals surface area contributed by atoms with Crippen molar-refractivity contribution in [3.63, 3.8) is 0 Å². The van der Waals surface area contributed by atoms with E-state index in [4.69, 9.17) is 14.5 Å².